The van der Waals surface area contributed by atoms with Crippen LogP contribution in [0.4, 0.5) is 0 Å². The molecule has 1 aliphatic rings. The summed E-state index contributed by atoms with van der Waals surface area (Å²) in [6.45, 7) is 2.22. The Balaban J connectivity index is 3.16. The van der Waals surface area contributed by atoms with E-state index in [9.17, 15) is 23.1 Å². The van der Waals surface area contributed by atoms with Crippen LogP contribution >= 0.6 is 15.9 Å². The molecule has 22 heavy (non-hydrogen) atoms. The molecule has 0 radical (unpaired) electrons. The third kappa shape index (κ3) is 5.47. The molecule has 0 aromatic rings. The molecular weight excluding hydrogens is 388 g/mol. The molecule has 5 atom stereocenters. The van der Waals surface area contributed by atoms with Crippen molar-refractivity contribution in [3.63, 3.8) is 0 Å². The summed E-state index contributed by atoms with van der Waals surface area (Å²) < 4.78 is 42.6. The van der Waals surface area contributed by atoms with E-state index in [1.807, 2.05) is 0 Å². The van der Waals surface area contributed by atoms with Crippen molar-refractivity contribution in [2.75, 3.05) is 11.6 Å². The van der Waals surface area contributed by atoms with Gasteiger partial charge < -0.3 is 19.3 Å². The quantitative estimate of drug-likeness (QED) is 0.359. The molecule has 0 spiro atoms. The number of hydrogen-bond donors (Lipinski definition) is 1. The Morgan fingerprint density at radius 3 is 2.05 bits per heavy atom. The Morgan fingerprint density at radius 2 is 1.64 bits per heavy atom. The SMILES string of the molecule is CC(=O)O[C@@H]1[C@@H](OS(C)(=O)=O)[C@@H](O)O[C@H](CBr)[C@H]1OC(C)=O. The predicted molar refractivity (Wildman–Crippen MR) is 75.5 cm³/mol. The molecule has 0 saturated carbocycles. The lowest BCUT2D eigenvalue weighted by Crippen LogP contribution is -2.61. The van der Waals surface area contributed by atoms with E-state index in [1.54, 1.807) is 0 Å². The Hall–Kier alpha value is -0.750. The number of hydrogen-bond acceptors (Lipinski definition) is 9. The molecule has 11 heteroatoms. The highest BCUT2D eigenvalue weighted by Gasteiger charge is 2.51. The predicted octanol–water partition coefficient (Wildman–Crippen LogP) is -0.693. The summed E-state index contributed by atoms with van der Waals surface area (Å²) in [5, 5.41) is 10.0. The molecule has 1 fully saturated rings. The fourth-order valence-corrected chi connectivity index (χ4v) is 3.11. The van der Waals surface area contributed by atoms with Gasteiger partial charge in [0.2, 0.25) is 0 Å². The summed E-state index contributed by atoms with van der Waals surface area (Å²) >= 11 is 3.12. The van der Waals surface area contributed by atoms with Crippen LogP contribution < -0.4 is 0 Å². The Kier molecular flexibility index (Phi) is 6.74. The van der Waals surface area contributed by atoms with Crippen LogP contribution in [0.1, 0.15) is 13.8 Å². The van der Waals surface area contributed by atoms with Crippen molar-refractivity contribution < 1.29 is 41.5 Å². The number of aliphatic hydroxyl groups excluding tert-OH is 1. The highest BCUT2D eigenvalue weighted by Crippen LogP contribution is 2.29. The molecule has 0 aliphatic carbocycles. The zero-order valence-electron chi connectivity index (χ0n) is 12.1. The average Bonchev–Trinajstić information content (AvgIpc) is 2.34. The summed E-state index contributed by atoms with van der Waals surface area (Å²) in [7, 11) is -3.98. The van der Waals surface area contributed by atoms with Crippen molar-refractivity contribution in [3.05, 3.63) is 0 Å². The molecule has 1 aliphatic heterocycles. The van der Waals surface area contributed by atoms with Crippen LogP contribution in [0.25, 0.3) is 0 Å². The largest absolute Gasteiger partial charge is 0.456 e. The topological polar surface area (TPSA) is 125 Å². The number of rotatable bonds is 5. The van der Waals surface area contributed by atoms with Gasteiger partial charge in [-0.05, 0) is 0 Å². The van der Waals surface area contributed by atoms with E-state index in [-0.39, 0.29) is 5.33 Å². The maximum absolute atomic E-state index is 11.3. The third-order valence-corrected chi connectivity index (χ3v) is 3.86. The summed E-state index contributed by atoms with van der Waals surface area (Å²) in [6, 6.07) is 0. The second kappa shape index (κ2) is 7.68. The minimum Gasteiger partial charge on any atom is -0.456 e. The van der Waals surface area contributed by atoms with Crippen molar-refractivity contribution in [1.29, 1.82) is 0 Å². The van der Waals surface area contributed by atoms with Gasteiger partial charge in [0.15, 0.2) is 24.6 Å². The first-order valence-electron chi connectivity index (χ1n) is 6.17. The van der Waals surface area contributed by atoms with Crippen LogP contribution in [0, 0.1) is 0 Å². The second-order valence-corrected chi connectivity index (χ2v) is 6.88. The van der Waals surface area contributed by atoms with Gasteiger partial charge in [-0.1, -0.05) is 15.9 Å². The fourth-order valence-electron chi connectivity index (χ4n) is 1.98. The number of halogens is 1. The molecule has 0 aromatic heterocycles. The monoisotopic (exact) mass is 404 g/mol. The lowest BCUT2D eigenvalue weighted by Gasteiger charge is -2.42. The smallest absolute Gasteiger partial charge is 0.303 e. The minimum absolute atomic E-state index is 0.144. The van der Waals surface area contributed by atoms with Crippen molar-refractivity contribution in [1.82, 2.24) is 0 Å². The lowest BCUT2D eigenvalue weighted by atomic mass is 9.99. The summed E-state index contributed by atoms with van der Waals surface area (Å²) in [5.74, 6) is -1.45. The van der Waals surface area contributed by atoms with Gasteiger partial charge in [-0.2, -0.15) is 8.42 Å². The highest BCUT2D eigenvalue weighted by atomic mass is 79.9. The maximum atomic E-state index is 11.3. The van der Waals surface area contributed by atoms with E-state index >= 15 is 0 Å². The number of esters is 2. The van der Waals surface area contributed by atoms with Crippen molar-refractivity contribution in [3.8, 4) is 0 Å². The van der Waals surface area contributed by atoms with Crippen LogP contribution in [-0.4, -0.2) is 67.8 Å². The summed E-state index contributed by atoms with van der Waals surface area (Å²) in [4.78, 5) is 22.5. The second-order valence-electron chi connectivity index (χ2n) is 4.63. The van der Waals surface area contributed by atoms with E-state index in [2.05, 4.69) is 15.9 Å². The zero-order chi connectivity index (χ0) is 17.1. The van der Waals surface area contributed by atoms with Crippen LogP contribution in [0.2, 0.25) is 0 Å². The van der Waals surface area contributed by atoms with E-state index in [1.165, 1.54) is 0 Å². The lowest BCUT2D eigenvalue weighted by molar-refractivity contribution is -0.276. The van der Waals surface area contributed by atoms with Crippen LogP contribution in [0.3, 0.4) is 0 Å². The molecule has 0 bridgehead atoms. The van der Waals surface area contributed by atoms with Crippen molar-refractivity contribution >= 4 is 38.0 Å². The van der Waals surface area contributed by atoms with Gasteiger partial charge in [0, 0.05) is 19.2 Å². The van der Waals surface area contributed by atoms with Gasteiger partial charge in [0.1, 0.15) is 6.10 Å². The highest BCUT2D eigenvalue weighted by molar-refractivity contribution is 9.09. The van der Waals surface area contributed by atoms with Crippen molar-refractivity contribution in [2.24, 2.45) is 0 Å². The van der Waals surface area contributed by atoms with Gasteiger partial charge >= 0.3 is 11.9 Å². The summed E-state index contributed by atoms with van der Waals surface area (Å²) in [6.07, 6.45) is -5.82. The van der Waals surface area contributed by atoms with Crippen LogP contribution in [-0.2, 0) is 38.1 Å². The number of ether oxygens (including phenoxy) is 3. The number of alkyl halides is 1. The van der Waals surface area contributed by atoms with Gasteiger partial charge in [0.05, 0.1) is 6.26 Å². The molecular formula is C11H17BrO9S. The molecule has 0 aromatic carbocycles. The molecule has 1 rings (SSSR count). The number of carbonyl (C=O) groups excluding carboxylic acids is 2. The van der Waals surface area contributed by atoms with E-state index < -0.39 is 52.8 Å². The average molecular weight is 405 g/mol. The Labute approximate surface area is 136 Å². The van der Waals surface area contributed by atoms with Crippen LogP contribution in [0.15, 0.2) is 0 Å². The maximum Gasteiger partial charge on any atom is 0.303 e. The van der Waals surface area contributed by atoms with E-state index in [0.717, 1.165) is 20.1 Å². The number of aliphatic hydroxyl groups is 1. The molecule has 9 nitrogen and oxygen atoms in total. The molecule has 1 N–H and O–H groups in total. The van der Waals surface area contributed by atoms with Gasteiger partial charge in [-0.25, -0.2) is 0 Å². The van der Waals surface area contributed by atoms with E-state index in [0.29, 0.717) is 0 Å². The molecule has 1 heterocycles. The Morgan fingerprint density at radius 1 is 1.14 bits per heavy atom. The standard InChI is InChI=1S/C11H17BrO9S/c1-5(13)18-8-7(4-12)20-11(15)10(21-22(3,16)17)9(8)19-6(2)14/h7-11,15H,4H2,1-3H3/t7-,8-,9+,10-,11+/m1/s1. The van der Waals surface area contributed by atoms with E-state index in [4.69, 9.17) is 18.4 Å². The minimum atomic E-state index is -3.98. The first-order valence-corrected chi connectivity index (χ1v) is 9.11. The zero-order valence-corrected chi connectivity index (χ0v) is 14.5. The van der Waals surface area contributed by atoms with Crippen molar-refractivity contribution in [2.45, 2.75) is 44.6 Å². The normalized spacial score (nSPS) is 32.3. The fraction of sp³-hybridized carbons (Fsp3) is 0.818. The molecule has 0 amide bonds. The first kappa shape index (κ1) is 19.3. The van der Waals surface area contributed by atoms with Crippen LogP contribution in [0.5, 0.6) is 0 Å². The van der Waals surface area contributed by atoms with Gasteiger partial charge in [-0.15, -0.1) is 0 Å². The third-order valence-electron chi connectivity index (χ3n) is 2.65. The molecule has 1 saturated heterocycles. The molecule has 0 unspecified atom stereocenters. The Bertz CT molecular complexity index is 520. The summed E-state index contributed by atoms with van der Waals surface area (Å²) in [5.41, 5.74) is 0. The van der Waals surface area contributed by atoms with Gasteiger partial charge in [-0.3, -0.25) is 13.8 Å². The van der Waals surface area contributed by atoms with Gasteiger partial charge in [0.25, 0.3) is 10.1 Å². The first-order chi connectivity index (χ1) is 10.0. The number of carbonyl (C=O) groups is 2. The molecule has 128 valence electrons.